The van der Waals surface area contributed by atoms with E-state index >= 15 is 0 Å². The molecule has 1 aromatic carbocycles. The number of hydrogen-bond acceptors (Lipinski definition) is 4. The zero-order valence-electron chi connectivity index (χ0n) is 12.8. The van der Waals surface area contributed by atoms with Crippen LogP contribution in [-0.4, -0.2) is 44.8 Å². The zero-order valence-corrected chi connectivity index (χ0v) is 12.8. The number of likely N-dealkylation sites (tertiary alicyclic amines) is 1. The molecule has 0 spiro atoms. The molecule has 112 valence electrons. The lowest BCUT2D eigenvalue weighted by Crippen LogP contribution is -2.37. The Morgan fingerprint density at radius 1 is 1.30 bits per heavy atom. The van der Waals surface area contributed by atoms with Gasteiger partial charge in [0.05, 0.1) is 14.2 Å². The van der Waals surface area contributed by atoms with Gasteiger partial charge in [0.15, 0.2) is 11.5 Å². The highest BCUT2D eigenvalue weighted by Gasteiger charge is 2.22. The van der Waals surface area contributed by atoms with Crippen molar-refractivity contribution in [2.24, 2.45) is 0 Å². The van der Waals surface area contributed by atoms with Crippen LogP contribution in [0, 0.1) is 0 Å². The van der Waals surface area contributed by atoms with Crippen molar-refractivity contribution < 1.29 is 9.47 Å². The SMILES string of the molecule is CCN1CCC[C@@H]1CNCc1cccc(OC)c1OC. The number of nitrogens with zero attached hydrogens (tertiary/aromatic N) is 1. The smallest absolute Gasteiger partial charge is 0.165 e. The number of rotatable bonds is 7. The molecule has 0 aromatic heterocycles. The largest absolute Gasteiger partial charge is 0.493 e. The lowest BCUT2D eigenvalue weighted by molar-refractivity contribution is 0.259. The minimum absolute atomic E-state index is 0.677. The lowest BCUT2D eigenvalue weighted by atomic mass is 10.1. The van der Waals surface area contributed by atoms with Gasteiger partial charge in [-0.1, -0.05) is 19.1 Å². The van der Waals surface area contributed by atoms with Crippen LogP contribution >= 0.6 is 0 Å². The molecule has 0 aliphatic carbocycles. The fraction of sp³-hybridized carbons (Fsp3) is 0.625. The molecule has 0 bridgehead atoms. The molecule has 1 fully saturated rings. The van der Waals surface area contributed by atoms with Crippen LogP contribution in [0.5, 0.6) is 11.5 Å². The predicted molar refractivity (Wildman–Crippen MR) is 81.5 cm³/mol. The van der Waals surface area contributed by atoms with Crippen LogP contribution in [0.3, 0.4) is 0 Å². The fourth-order valence-corrected chi connectivity index (χ4v) is 3.01. The van der Waals surface area contributed by atoms with E-state index in [1.54, 1.807) is 14.2 Å². The average molecular weight is 278 g/mol. The fourth-order valence-electron chi connectivity index (χ4n) is 3.01. The van der Waals surface area contributed by atoms with Crippen LogP contribution in [-0.2, 0) is 6.54 Å². The maximum atomic E-state index is 5.46. The molecule has 0 unspecified atom stereocenters. The minimum Gasteiger partial charge on any atom is -0.493 e. The molecule has 2 rings (SSSR count). The number of ether oxygens (including phenoxy) is 2. The minimum atomic E-state index is 0.677. The van der Waals surface area contributed by atoms with E-state index in [-0.39, 0.29) is 0 Å². The summed E-state index contributed by atoms with van der Waals surface area (Å²) in [5, 5.41) is 3.56. The number of likely N-dealkylation sites (N-methyl/N-ethyl adjacent to an activating group) is 1. The second-order valence-corrected chi connectivity index (χ2v) is 5.21. The zero-order chi connectivity index (χ0) is 14.4. The molecule has 0 amide bonds. The van der Waals surface area contributed by atoms with E-state index in [2.05, 4.69) is 23.2 Å². The normalized spacial score (nSPS) is 19.2. The molecule has 1 heterocycles. The summed E-state index contributed by atoms with van der Waals surface area (Å²) in [7, 11) is 3.36. The lowest BCUT2D eigenvalue weighted by Gasteiger charge is -2.23. The van der Waals surface area contributed by atoms with Gasteiger partial charge in [0, 0.05) is 24.7 Å². The Labute approximate surface area is 122 Å². The molecule has 1 N–H and O–H groups in total. The molecule has 0 radical (unpaired) electrons. The van der Waals surface area contributed by atoms with E-state index in [0.717, 1.165) is 36.7 Å². The van der Waals surface area contributed by atoms with E-state index in [1.165, 1.54) is 19.4 Å². The second kappa shape index (κ2) is 7.50. The monoisotopic (exact) mass is 278 g/mol. The van der Waals surface area contributed by atoms with Gasteiger partial charge in [0.25, 0.3) is 0 Å². The standard InChI is InChI=1S/C16H26N2O2/c1-4-18-10-6-8-14(18)12-17-11-13-7-5-9-15(19-2)16(13)20-3/h5,7,9,14,17H,4,6,8,10-12H2,1-3H3/t14-/m1/s1. The Kier molecular flexibility index (Phi) is 5.68. The van der Waals surface area contributed by atoms with Crippen LogP contribution in [0.15, 0.2) is 18.2 Å². The Bertz CT molecular complexity index is 423. The third-order valence-corrected chi connectivity index (χ3v) is 4.09. The Morgan fingerprint density at radius 2 is 2.15 bits per heavy atom. The first kappa shape index (κ1) is 15.1. The van der Waals surface area contributed by atoms with Crippen molar-refractivity contribution in [2.75, 3.05) is 33.9 Å². The summed E-state index contributed by atoms with van der Waals surface area (Å²) in [5.74, 6) is 1.63. The molecule has 1 saturated heterocycles. The average Bonchev–Trinajstić information content (AvgIpc) is 2.94. The molecule has 4 heteroatoms. The number of nitrogens with one attached hydrogen (secondary N) is 1. The second-order valence-electron chi connectivity index (χ2n) is 5.21. The van der Waals surface area contributed by atoms with Gasteiger partial charge in [-0.25, -0.2) is 0 Å². The van der Waals surface area contributed by atoms with Crippen LogP contribution in [0.1, 0.15) is 25.3 Å². The summed E-state index contributed by atoms with van der Waals surface area (Å²) in [6.45, 7) is 6.48. The Morgan fingerprint density at radius 3 is 2.85 bits per heavy atom. The van der Waals surface area contributed by atoms with Crippen LogP contribution in [0.25, 0.3) is 0 Å². The Hall–Kier alpha value is -1.26. The molecule has 20 heavy (non-hydrogen) atoms. The van der Waals surface area contributed by atoms with Crippen molar-refractivity contribution in [1.82, 2.24) is 10.2 Å². The van der Waals surface area contributed by atoms with E-state index in [1.807, 2.05) is 12.1 Å². The van der Waals surface area contributed by atoms with Gasteiger partial charge in [-0.05, 0) is 32.0 Å². The van der Waals surface area contributed by atoms with Crippen molar-refractivity contribution in [1.29, 1.82) is 0 Å². The van der Waals surface area contributed by atoms with Gasteiger partial charge in [0.2, 0.25) is 0 Å². The number of hydrogen-bond donors (Lipinski definition) is 1. The Balaban J connectivity index is 1.91. The van der Waals surface area contributed by atoms with E-state index < -0.39 is 0 Å². The highest BCUT2D eigenvalue weighted by atomic mass is 16.5. The van der Waals surface area contributed by atoms with E-state index in [9.17, 15) is 0 Å². The number of para-hydroxylation sites is 1. The first-order chi connectivity index (χ1) is 9.80. The first-order valence-electron chi connectivity index (χ1n) is 7.44. The summed E-state index contributed by atoms with van der Waals surface area (Å²) in [4.78, 5) is 2.55. The van der Waals surface area contributed by atoms with Crippen molar-refractivity contribution in [3.05, 3.63) is 23.8 Å². The van der Waals surface area contributed by atoms with Crippen molar-refractivity contribution in [2.45, 2.75) is 32.4 Å². The summed E-state index contributed by atoms with van der Waals surface area (Å²) < 4.78 is 10.8. The topological polar surface area (TPSA) is 33.7 Å². The molecule has 4 nitrogen and oxygen atoms in total. The molecular formula is C16H26N2O2. The highest BCUT2D eigenvalue weighted by Crippen LogP contribution is 2.30. The molecule has 1 aliphatic heterocycles. The van der Waals surface area contributed by atoms with Gasteiger partial charge >= 0.3 is 0 Å². The molecule has 1 aliphatic rings. The van der Waals surface area contributed by atoms with Crippen molar-refractivity contribution >= 4 is 0 Å². The summed E-state index contributed by atoms with van der Waals surface area (Å²) in [6, 6.07) is 6.70. The maximum Gasteiger partial charge on any atom is 0.165 e. The first-order valence-corrected chi connectivity index (χ1v) is 7.44. The number of benzene rings is 1. The predicted octanol–water partition coefficient (Wildman–Crippen LogP) is 2.28. The van der Waals surface area contributed by atoms with E-state index in [4.69, 9.17) is 9.47 Å². The maximum absolute atomic E-state index is 5.46. The van der Waals surface area contributed by atoms with Crippen LogP contribution in [0.2, 0.25) is 0 Å². The third-order valence-electron chi connectivity index (χ3n) is 4.09. The van der Waals surface area contributed by atoms with Gasteiger partial charge in [-0.2, -0.15) is 0 Å². The summed E-state index contributed by atoms with van der Waals surface area (Å²) in [5.41, 5.74) is 1.15. The third kappa shape index (κ3) is 3.44. The quantitative estimate of drug-likeness (QED) is 0.829. The molecule has 0 saturated carbocycles. The summed E-state index contributed by atoms with van der Waals surface area (Å²) in [6.07, 6.45) is 2.62. The van der Waals surface area contributed by atoms with Crippen molar-refractivity contribution in [3.8, 4) is 11.5 Å². The number of methoxy groups -OCH3 is 2. The van der Waals surface area contributed by atoms with Gasteiger partial charge < -0.3 is 14.8 Å². The van der Waals surface area contributed by atoms with Gasteiger partial charge in [0.1, 0.15) is 0 Å². The van der Waals surface area contributed by atoms with Crippen molar-refractivity contribution in [3.63, 3.8) is 0 Å². The highest BCUT2D eigenvalue weighted by molar-refractivity contribution is 5.46. The molecular weight excluding hydrogens is 252 g/mol. The van der Waals surface area contributed by atoms with Crippen LogP contribution in [0.4, 0.5) is 0 Å². The van der Waals surface area contributed by atoms with Crippen LogP contribution < -0.4 is 14.8 Å². The van der Waals surface area contributed by atoms with Gasteiger partial charge in [-0.3, -0.25) is 4.90 Å². The summed E-state index contributed by atoms with van der Waals surface area (Å²) >= 11 is 0. The molecule has 1 aromatic rings. The van der Waals surface area contributed by atoms with Gasteiger partial charge in [-0.15, -0.1) is 0 Å². The van der Waals surface area contributed by atoms with E-state index in [0.29, 0.717) is 6.04 Å². The molecule has 1 atom stereocenters.